The summed E-state index contributed by atoms with van der Waals surface area (Å²) >= 11 is 6.18. The van der Waals surface area contributed by atoms with Crippen LogP contribution in [0.15, 0.2) is 12.1 Å². The van der Waals surface area contributed by atoms with Crippen LogP contribution in [0.25, 0.3) is 0 Å². The predicted molar refractivity (Wildman–Crippen MR) is 77.0 cm³/mol. The van der Waals surface area contributed by atoms with Crippen LogP contribution >= 0.6 is 11.6 Å². The van der Waals surface area contributed by atoms with E-state index in [2.05, 4.69) is 13.8 Å². The molecule has 1 aromatic carbocycles. The molecule has 0 N–H and O–H groups in total. The van der Waals surface area contributed by atoms with Crippen molar-refractivity contribution < 1.29 is 14.3 Å². The van der Waals surface area contributed by atoms with Gasteiger partial charge in [-0.05, 0) is 49.9 Å². The minimum atomic E-state index is -0.365. The van der Waals surface area contributed by atoms with Gasteiger partial charge in [0.1, 0.15) is 5.75 Å². The highest BCUT2D eigenvalue weighted by Gasteiger charge is 2.12. The Morgan fingerprint density at radius 3 is 2.42 bits per heavy atom. The third kappa shape index (κ3) is 4.75. The lowest BCUT2D eigenvalue weighted by Crippen LogP contribution is -2.19. The van der Waals surface area contributed by atoms with E-state index < -0.39 is 0 Å². The summed E-state index contributed by atoms with van der Waals surface area (Å²) in [6.45, 7) is 9.56. The first-order valence-corrected chi connectivity index (χ1v) is 6.81. The Morgan fingerprint density at radius 2 is 1.89 bits per heavy atom. The molecule has 0 unspecified atom stereocenters. The molecule has 19 heavy (non-hydrogen) atoms. The third-order valence-corrected chi connectivity index (χ3v) is 2.96. The average Bonchev–Trinajstić information content (AvgIpc) is 2.26. The van der Waals surface area contributed by atoms with Crippen molar-refractivity contribution in [3.05, 3.63) is 28.3 Å². The molecule has 1 rings (SSSR count). The van der Waals surface area contributed by atoms with Gasteiger partial charge in [-0.2, -0.15) is 0 Å². The van der Waals surface area contributed by atoms with E-state index in [9.17, 15) is 4.79 Å². The molecular formula is C15H21ClO3. The molecule has 106 valence electrons. The van der Waals surface area contributed by atoms with E-state index >= 15 is 0 Å². The standard InChI is InChI=1S/C15H21ClO3/c1-9(2)12-7-14(11(5)6-13(12)16)18-8-15(17)19-10(3)4/h6-7,9-10H,8H2,1-5H3. The maximum absolute atomic E-state index is 11.5. The molecule has 0 atom stereocenters. The number of rotatable bonds is 5. The van der Waals surface area contributed by atoms with Gasteiger partial charge in [-0.15, -0.1) is 0 Å². The van der Waals surface area contributed by atoms with Gasteiger partial charge in [0.05, 0.1) is 6.10 Å². The second kappa shape index (κ2) is 6.80. The van der Waals surface area contributed by atoms with Crippen LogP contribution in [-0.4, -0.2) is 18.7 Å². The summed E-state index contributed by atoms with van der Waals surface area (Å²) in [5.74, 6) is 0.613. The smallest absolute Gasteiger partial charge is 0.344 e. The minimum Gasteiger partial charge on any atom is -0.482 e. The Balaban J connectivity index is 2.78. The third-order valence-electron chi connectivity index (χ3n) is 2.63. The van der Waals surface area contributed by atoms with Crippen LogP contribution in [0.3, 0.4) is 0 Å². The molecule has 0 aliphatic rings. The lowest BCUT2D eigenvalue weighted by atomic mass is 10.0. The predicted octanol–water partition coefficient (Wildman–Crippen LogP) is 4.10. The Labute approximate surface area is 119 Å². The zero-order valence-electron chi connectivity index (χ0n) is 12.1. The number of carbonyl (C=O) groups is 1. The molecule has 0 heterocycles. The van der Waals surface area contributed by atoms with Crippen molar-refractivity contribution in [2.24, 2.45) is 0 Å². The summed E-state index contributed by atoms with van der Waals surface area (Å²) in [5.41, 5.74) is 1.92. The number of hydrogen-bond acceptors (Lipinski definition) is 3. The molecule has 0 radical (unpaired) electrons. The quantitative estimate of drug-likeness (QED) is 0.764. The highest BCUT2D eigenvalue weighted by atomic mass is 35.5. The summed E-state index contributed by atoms with van der Waals surface area (Å²) in [5, 5.41) is 0.726. The number of hydrogen-bond donors (Lipinski definition) is 0. The van der Waals surface area contributed by atoms with E-state index in [1.807, 2.05) is 32.9 Å². The van der Waals surface area contributed by atoms with Gasteiger partial charge in [0, 0.05) is 5.02 Å². The maximum atomic E-state index is 11.5. The van der Waals surface area contributed by atoms with Crippen molar-refractivity contribution in [3.63, 3.8) is 0 Å². The molecule has 1 aromatic rings. The van der Waals surface area contributed by atoms with E-state index in [4.69, 9.17) is 21.1 Å². The van der Waals surface area contributed by atoms with Crippen molar-refractivity contribution in [3.8, 4) is 5.75 Å². The fraction of sp³-hybridized carbons (Fsp3) is 0.533. The maximum Gasteiger partial charge on any atom is 0.344 e. The number of benzene rings is 1. The lowest BCUT2D eigenvalue weighted by Gasteiger charge is -2.15. The van der Waals surface area contributed by atoms with Gasteiger partial charge >= 0.3 is 5.97 Å². The van der Waals surface area contributed by atoms with Crippen LogP contribution in [-0.2, 0) is 9.53 Å². The monoisotopic (exact) mass is 284 g/mol. The summed E-state index contributed by atoms with van der Waals surface area (Å²) in [7, 11) is 0. The highest BCUT2D eigenvalue weighted by molar-refractivity contribution is 6.31. The van der Waals surface area contributed by atoms with Crippen molar-refractivity contribution in [2.75, 3.05) is 6.61 Å². The van der Waals surface area contributed by atoms with Crippen molar-refractivity contribution >= 4 is 17.6 Å². The molecular weight excluding hydrogens is 264 g/mol. The number of halogens is 1. The molecule has 0 aliphatic carbocycles. The Hall–Kier alpha value is -1.22. The molecule has 0 bridgehead atoms. The summed E-state index contributed by atoms with van der Waals surface area (Å²) < 4.78 is 10.5. The molecule has 0 aromatic heterocycles. The van der Waals surface area contributed by atoms with Crippen LogP contribution in [0.1, 0.15) is 44.7 Å². The van der Waals surface area contributed by atoms with E-state index in [1.54, 1.807) is 0 Å². The van der Waals surface area contributed by atoms with Gasteiger partial charge in [-0.1, -0.05) is 25.4 Å². The fourth-order valence-electron chi connectivity index (χ4n) is 1.70. The normalized spacial score (nSPS) is 10.9. The molecule has 0 saturated heterocycles. The van der Waals surface area contributed by atoms with Crippen molar-refractivity contribution in [1.29, 1.82) is 0 Å². The van der Waals surface area contributed by atoms with Gasteiger partial charge < -0.3 is 9.47 Å². The van der Waals surface area contributed by atoms with E-state index in [1.165, 1.54) is 0 Å². The summed E-state index contributed by atoms with van der Waals surface area (Å²) in [6.07, 6.45) is -0.131. The lowest BCUT2D eigenvalue weighted by molar-refractivity contribution is -0.149. The zero-order chi connectivity index (χ0) is 14.6. The number of aryl methyl sites for hydroxylation is 1. The van der Waals surface area contributed by atoms with Gasteiger partial charge in [0.2, 0.25) is 0 Å². The number of carbonyl (C=O) groups excluding carboxylic acids is 1. The second-order valence-electron chi connectivity index (χ2n) is 5.12. The second-order valence-corrected chi connectivity index (χ2v) is 5.53. The average molecular weight is 285 g/mol. The molecule has 0 fully saturated rings. The molecule has 3 nitrogen and oxygen atoms in total. The first-order valence-electron chi connectivity index (χ1n) is 6.43. The van der Waals surface area contributed by atoms with Crippen LogP contribution < -0.4 is 4.74 Å². The molecule has 0 amide bonds. The van der Waals surface area contributed by atoms with Crippen LogP contribution in [0.5, 0.6) is 5.75 Å². The van der Waals surface area contributed by atoms with Gasteiger partial charge in [-0.3, -0.25) is 0 Å². The van der Waals surface area contributed by atoms with Gasteiger partial charge in [0.25, 0.3) is 0 Å². The SMILES string of the molecule is Cc1cc(Cl)c(C(C)C)cc1OCC(=O)OC(C)C. The fourth-order valence-corrected chi connectivity index (χ4v) is 2.14. The number of ether oxygens (including phenoxy) is 2. The molecule has 4 heteroatoms. The van der Waals surface area contributed by atoms with E-state index in [0.717, 1.165) is 16.1 Å². The van der Waals surface area contributed by atoms with E-state index in [-0.39, 0.29) is 18.7 Å². The first-order chi connectivity index (χ1) is 8.81. The zero-order valence-corrected chi connectivity index (χ0v) is 12.9. The van der Waals surface area contributed by atoms with E-state index in [0.29, 0.717) is 11.7 Å². The molecule has 0 aliphatic heterocycles. The largest absolute Gasteiger partial charge is 0.482 e. The molecule has 0 saturated carbocycles. The van der Waals surface area contributed by atoms with Gasteiger partial charge in [-0.25, -0.2) is 4.79 Å². The Morgan fingerprint density at radius 1 is 1.26 bits per heavy atom. The molecule has 0 spiro atoms. The number of esters is 1. The summed E-state index contributed by atoms with van der Waals surface area (Å²) in [4.78, 5) is 11.5. The van der Waals surface area contributed by atoms with Crippen molar-refractivity contribution in [1.82, 2.24) is 0 Å². The first kappa shape index (κ1) is 15.8. The Bertz CT molecular complexity index is 453. The van der Waals surface area contributed by atoms with Crippen molar-refractivity contribution in [2.45, 2.75) is 46.6 Å². The van der Waals surface area contributed by atoms with Crippen LogP contribution in [0.2, 0.25) is 5.02 Å². The highest BCUT2D eigenvalue weighted by Crippen LogP contribution is 2.31. The van der Waals surface area contributed by atoms with Crippen LogP contribution in [0.4, 0.5) is 0 Å². The Kier molecular flexibility index (Phi) is 5.67. The summed E-state index contributed by atoms with van der Waals surface area (Å²) in [6, 6.07) is 3.75. The van der Waals surface area contributed by atoms with Gasteiger partial charge in [0.15, 0.2) is 6.61 Å². The van der Waals surface area contributed by atoms with Crippen LogP contribution in [0, 0.1) is 6.92 Å². The minimum absolute atomic E-state index is 0.0851. The topological polar surface area (TPSA) is 35.5 Å².